The first-order valence-corrected chi connectivity index (χ1v) is 5.19. The van der Waals surface area contributed by atoms with Gasteiger partial charge in [-0.3, -0.25) is 14.4 Å². The number of halogens is 1. The first kappa shape index (κ1) is 12.7. The van der Waals surface area contributed by atoms with Gasteiger partial charge in [0, 0.05) is 11.1 Å². The summed E-state index contributed by atoms with van der Waals surface area (Å²) in [4.78, 5) is 33.8. The molecule has 0 heterocycles. The minimum Gasteiger partial charge on any atom is -0.506 e. The zero-order chi connectivity index (χ0) is 14.2. The highest BCUT2D eigenvalue weighted by molar-refractivity contribution is 6.33. The van der Waals surface area contributed by atoms with Gasteiger partial charge in [0.2, 0.25) is 5.78 Å². The number of ketones is 1. The number of aliphatic hydroxyl groups is 1. The van der Waals surface area contributed by atoms with Crippen molar-refractivity contribution in [3.63, 3.8) is 0 Å². The molecule has 0 saturated heterocycles. The summed E-state index contributed by atoms with van der Waals surface area (Å²) in [6, 6.07) is 3.13. The summed E-state index contributed by atoms with van der Waals surface area (Å²) in [6.07, 6.45) is 0. The van der Waals surface area contributed by atoms with Crippen LogP contribution in [0.25, 0.3) is 5.76 Å². The van der Waals surface area contributed by atoms with Gasteiger partial charge >= 0.3 is 5.97 Å². The average molecular weight is 265 g/mol. The SMILES string of the molecule is O=C(O)CNC(=O)C1=C(O)c2ccc(F)cc2C1=O. The number of benzene rings is 1. The third-order valence-corrected chi connectivity index (χ3v) is 2.57. The van der Waals surface area contributed by atoms with E-state index in [1.807, 2.05) is 5.32 Å². The lowest BCUT2D eigenvalue weighted by molar-refractivity contribution is -0.137. The molecule has 98 valence electrons. The summed E-state index contributed by atoms with van der Waals surface area (Å²) in [5.41, 5.74) is -0.660. The highest BCUT2D eigenvalue weighted by Crippen LogP contribution is 2.31. The molecule has 0 aliphatic heterocycles. The van der Waals surface area contributed by atoms with Crippen LogP contribution in [0.4, 0.5) is 4.39 Å². The number of carbonyl (C=O) groups excluding carboxylic acids is 2. The molecule has 1 amide bonds. The molecular weight excluding hydrogens is 257 g/mol. The number of rotatable bonds is 3. The molecule has 1 aromatic rings. The van der Waals surface area contributed by atoms with E-state index in [0.717, 1.165) is 12.1 Å². The molecule has 0 fully saturated rings. The maximum atomic E-state index is 13.0. The van der Waals surface area contributed by atoms with E-state index in [4.69, 9.17) is 5.11 Å². The predicted octanol–water partition coefficient (Wildman–Crippen LogP) is 0.492. The van der Waals surface area contributed by atoms with Crippen LogP contribution in [0.1, 0.15) is 15.9 Å². The second-order valence-electron chi connectivity index (χ2n) is 3.82. The molecule has 0 spiro atoms. The fourth-order valence-electron chi connectivity index (χ4n) is 1.74. The fraction of sp³-hybridized carbons (Fsp3) is 0.0833. The molecule has 0 radical (unpaired) electrons. The van der Waals surface area contributed by atoms with Crippen LogP contribution in [-0.4, -0.2) is 34.4 Å². The van der Waals surface area contributed by atoms with E-state index in [-0.39, 0.29) is 11.1 Å². The smallest absolute Gasteiger partial charge is 0.322 e. The van der Waals surface area contributed by atoms with Crippen molar-refractivity contribution in [1.82, 2.24) is 5.32 Å². The maximum absolute atomic E-state index is 13.0. The molecule has 19 heavy (non-hydrogen) atoms. The number of hydrogen-bond donors (Lipinski definition) is 3. The van der Waals surface area contributed by atoms with E-state index >= 15 is 0 Å². The van der Waals surface area contributed by atoms with Crippen LogP contribution in [0, 0.1) is 5.82 Å². The van der Waals surface area contributed by atoms with Crippen molar-refractivity contribution in [3.05, 3.63) is 40.7 Å². The van der Waals surface area contributed by atoms with Gasteiger partial charge in [-0.15, -0.1) is 0 Å². The number of fused-ring (bicyclic) bond motifs is 1. The molecule has 1 aliphatic carbocycles. The predicted molar refractivity (Wildman–Crippen MR) is 60.9 cm³/mol. The van der Waals surface area contributed by atoms with Crippen LogP contribution < -0.4 is 5.32 Å². The maximum Gasteiger partial charge on any atom is 0.322 e. The van der Waals surface area contributed by atoms with E-state index in [1.165, 1.54) is 6.07 Å². The van der Waals surface area contributed by atoms with Crippen molar-refractivity contribution >= 4 is 23.4 Å². The van der Waals surface area contributed by atoms with Crippen LogP contribution >= 0.6 is 0 Å². The third kappa shape index (κ3) is 2.17. The van der Waals surface area contributed by atoms with Gasteiger partial charge in [0.05, 0.1) is 0 Å². The van der Waals surface area contributed by atoms with Gasteiger partial charge in [0.25, 0.3) is 5.91 Å². The first-order valence-electron chi connectivity index (χ1n) is 5.19. The highest BCUT2D eigenvalue weighted by atomic mass is 19.1. The van der Waals surface area contributed by atoms with Gasteiger partial charge in [0.15, 0.2) is 0 Å². The Kier molecular flexibility index (Phi) is 3.04. The lowest BCUT2D eigenvalue weighted by Gasteiger charge is -2.02. The Balaban J connectivity index is 2.34. The second kappa shape index (κ2) is 4.52. The third-order valence-electron chi connectivity index (χ3n) is 2.57. The molecule has 7 heteroatoms. The zero-order valence-electron chi connectivity index (χ0n) is 9.44. The van der Waals surface area contributed by atoms with E-state index in [9.17, 15) is 23.9 Å². The first-order chi connectivity index (χ1) is 8.91. The normalized spacial score (nSPS) is 13.4. The van der Waals surface area contributed by atoms with Crippen molar-refractivity contribution in [2.75, 3.05) is 6.54 Å². The minimum absolute atomic E-state index is 0.0480. The van der Waals surface area contributed by atoms with Crippen molar-refractivity contribution in [2.24, 2.45) is 0 Å². The largest absolute Gasteiger partial charge is 0.506 e. The zero-order valence-corrected chi connectivity index (χ0v) is 9.44. The van der Waals surface area contributed by atoms with Crippen molar-refractivity contribution in [2.45, 2.75) is 0 Å². The molecular formula is C12H8FNO5. The number of amides is 1. The van der Waals surface area contributed by atoms with Crippen molar-refractivity contribution in [1.29, 1.82) is 0 Å². The molecule has 6 nitrogen and oxygen atoms in total. The summed E-state index contributed by atoms with van der Waals surface area (Å²) in [5, 5.41) is 20.1. The summed E-state index contributed by atoms with van der Waals surface area (Å²) in [5.74, 6) is -4.39. The molecule has 3 N–H and O–H groups in total. The van der Waals surface area contributed by atoms with Crippen molar-refractivity contribution < 1.29 is 29.0 Å². The molecule has 0 saturated carbocycles. The Morgan fingerprint density at radius 3 is 2.58 bits per heavy atom. The second-order valence-corrected chi connectivity index (χ2v) is 3.82. The Bertz CT molecular complexity index is 635. The highest BCUT2D eigenvalue weighted by Gasteiger charge is 2.34. The topological polar surface area (TPSA) is 104 Å². The monoisotopic (exact) mass is 265 g/mol. The molecule has 2 rings (SSSR count). The molecule has 1 aliphatic rings. The van der Waals surface area contributed by atoms with E-state index in [1.54, 1.807) is 0 Å². The van der Waals surface area contributed by atoms with Gasteiger partial charge in [-0.2, -0.15) is 0 Å². The molecule has 0 atom stereocenters. The number of carboxylic acids is 1. The Hall–Kier alpha value is -2.70. The minimum atomic E-state index is -1.29. The van der Waals surface area contributed by atoms with Crippen LogP contribution in [0.3, 0.4) is 0 Å². The molecule has 0 bridgehead atoms. The Morgan fingerprint density at radius 1 is 1.26 bits per heavy atom. The number of Topliss-reactive ketones (excluding diaryl/α,β-unsaturated/α-hetero) is 1. The summed E-state index contributed by atoms with van der Waals surface area (Å²) < 4.78 is 13.0. The molecule has 0 unspecified atom stereocenters. The van der Waals surface area contributed by atoms with E-state index < -0.39 is 41.4 Å². The van der Waals surface area contributed by atoms with Crippen LogP contribution in [-0.2, 0) is 9.59 Å². The van der Waals surface area contributed by atoms with Gasteiger partial charge in [-0.05, 0) is 18.2 Å². The van der Waals surface area contributed by atoms with Gasteiger partial charge in [-0.1, -0.05) is 0 Å². The summed E-state index contributed by atoms with van der Waals surface area (Å²) in [7, 11) is 0. The Labute approximate surface area is 106 Å². The number of aliphatic hydroxyl groups excluding tert-OH is 1. The number of nitrogens with one attached hydrogen (secondary N) is 1. The standard InChI is InChI=1S/C12H8FNO5/c13-5-1-2-6-7(3-5)11(18)9(10(6)17)12(19)14-4-8(15)16/h1-3,17H,4H2,(H,14,19)(H,15,16). The fourth-order valence-corrected chi connectivity index (χ4v) is 1.74. The number of hydrogen-bond acceptors (Lipinski definition) is 4. The summed E-state index contributed by atoms with van der Waals surface area (Å²) in [6.45, 7) is -0.687. The van der Waals surface area contributed by atoms with E-state index in [2.05, 4.69) is 0 Å². The van der Waals surface area contributed by atoms with Gasteiger partial charge < -0.3 is 15.5 Å². The average Bonchev–Trinajstić information content (AvgIpc) is 2.59. The van der Waals surface area contributed by atoms with Crippen LogP contribution in [0.15, 0.2) is 23.8 Å². The molecule has 0 aromatic heterocycles. The lowest BCUT2D eigenvalue weighted by Crippen LogP contribution is -2.32. The van der Waals surface area contributed by atoms with Crippen LogP contribution in [0.5, 0.6) is 0 Å². The van der Waals surface area contributed by atoms with Gasteiger partial charge in [-0.25, -0.2) is 4.39 Å². The van der Waals surface area contributed by atoms with E-state index in [0.29, 0.717) is 0 Å². The Morgan fingerprint density at radius 2 is 1.95 bits per heavy atom. The van der Waals surface area contributed by atoms with Crippen LogP contribution in [0.2, 0.25) is 0 Å². The number of carboxylic acid groups (broad SMARTS) is 1. The summed E-state index contributed by atoms with van der Waals surface area (Å²) >= 11 is 0. The lowest BCUT2D eigenvalue weighted by atomic mass is 10.1. The quantitative estimate of drug-likeness (QED) is 0.690. The molecule has 1 aromatic carbocycles. The number of aliphatic carboxylic acids is 1. The van der Waals surface area contributed by atoms with Crippen molar-refractivity contribution in [3.8, 4) is 0 Å². The van der Waals surface area contributed by atoms with Gasteiger partial charge in [0.1, 0.15) is 23.7 Å². The number of carbonyl (C=O) groups is 3.